The summed E-state index contributed by atoms with van der Waals surface area (Å²) in [5.41, 5.74) is 0.784. The average Bonchev–Trinajstić information content (AvgIpc) is 2.29. The van der Waals surface area contributed by atoms with E-state index in [-0.39, 0.29) is 24.0 Å². The molecule has 1 rings (SSSR count). The van der Waals surface area contributed by atoms with Gasteiger partial charge in [0, 0.05) is 12.0 Å². The van der Waals surface area contributed by atoms with Crippen molar-refractivity contribution in [3.05, 3.63) is 36.4 Å². The van der Waals surface area contributed by atoms with Gasteiger partial charge in [0.1, 0.15) is 0 Å². The molecule has 2 N–H and O–H groups in total. The summed E-state index contributed by atoms with van der Waals surface area (Å²) in [5.74, 6) is -0.885. The van der Waals surface area contributed by atoms with E-state index in [1.807, 2.05) is 6.92 Å². The Morgan fingerprint density at radius 1 is 1.50 bits per heavy atom. The van der Waals surface area contributed by atoms with Crippen molar-refractivity contribution < 1.29 is 19.7 Å². The highest BCUT2D eigenvalue weighted by Gasteiger charge is 2.10. The van der Waals surface area contributed by atoms with E-state index in [4.69, 9.17) is 9.84 Å². The third-order valence-electron chi connectivity index (χ3n) is 2.21. The van der Waals surface area contributed by atoms with Gasteiger partial charge in [0.2, 0.25) is 0 Å². The number of ether oxygens (including phenoxy) is 1. The number of esters is 1. The van der Waals surface area contributed by atoms with Crippen LogP contribution in [0.1, 0.15) is 18.4 Å². The van der Waals surface area contributed by atoms with Gasteiger partial charge in [-0.3, -0.25) is 0 Å². The van der Waals surface area contributed by atoms with Gasteiger partial charge in [-0.1, -0.05) is 19.6 Å². The van der Waals surface area contributed by atoms with E-state index in [1.54, 1.807) is 6.07 Å². The van der Waals surface area contributed by atoms with Crippen LogP contribution in [0, 0.1) is 0 Å². The van der Waals surface area contributed by atoms with Crippen LogP contribution in [0.4, 0.5) is 0 Å². The third-order valence-corrected chi connectivity index (χ3v) is 2.21. The zero-order valence-corrected chi connectivity index (χ0v) is 9.01. The first kappa shape index (κ1) is 12.1. The van der Waals surface area contributed by atoms with Crippen molar-refractivity contribution in [1.29, 1.82) is 0 Å². The number of phenols is 2. The summed E-state index contributed by atoms with van der Waals surface area (Å²) in [5, 5.41) is 18.4. The number of hydrogen-bond acceptors (Lipinski definition) is 4. The fourth-order valence-electron chi connectivity index (χ4n) is 1.21. The number of phenolic OH excluding ortho intramolecular Hbond substituents is 2. The lowest BCUT2D eigenvalue weighted by molar-refractivity contribution is -0.138. The van der Waals surface area contributed by atoms with E-state index in [9.17, 15) is 9.90 Å². The predicted molar refractivity (Wildman–Crippen MR) is 59.3 cm³/mol. The smallest absolute Gasteiger partial charge is 0.330 e. The van der Waals surface area contributed by atoms with Crippen LogP contribution in [0.25, 0.3) is 0 Å². The van der Waals surface area contributed by atoms with Crippen molar-refractivity contribution in [1.82, 2.24) is 0 Å². The summed E-state index contributed by atoms with van der Waals surface area (Å²) in [4.78, 5) is 10.8. The molecule has 0 bridgehead atoms. The van der Waals surface area contributed by atoms with Crippen LogP contribution in [0.15, 0.2) is 30.9 Å². The van der Waals surface area contributed by atoms with Crippen molar-refractivity contribution in [2.75, 3.05) is 6.61 Å². The lowest BCUT2D eigenvalue weighted by atomic mass is 10.0. The van der Waals surface area contributed by atoms with E-state index in [0.29, 0.717) is 0 Å². The summed E-state index contributed by atoms with van der Waals surface area (Å²) in [6.07, 6.45) is 1.10. The molecule has 16 heavy (non-hydrogen) atoms. The molecule has 0 aliphatic heterocycles. The van der Waals surface area contributed by atoms with Gasteiger partial charge in [0.15, 0.2) is 11.5 Å². The van der Waals surface area contributed by atoms with Gasteiger partial charge < -0.3 is 14.9 Å². The topological polar surface area (TPSA) is 66.8 Å². The molecule has 4 heteroatoms. The number of rotatable bonds is 4. The maximum atomic E-state index is 10.8. The van der Waals surface area contributed by atoms with Crippen molar-refractivity contribution in [3.8, 4) is 11.5 Å². The molecule has 86 valence electrons. The lowest BCUT2D eigenvalue weighted by Gasteiger charge is -2.12. The number of benzene rings is 1. The van der Waals surface area contributed by atoms with Crippen molar-refractivity contribution in [3.63, 3.8) is 0 Å². The molecule has 0 fully saturated rings. The van der Waals surface area contributed by atoms with E-state index in [2.05, 4.69) is 6.58 Å². The maximum Gasteiger partial charge on any atom is 0.330 e. The Kier molecular flexibility index (Phi) is 3.94. The van der Waals surface area contributed by atoms with Crippen molar-refractivity contribution in [2.45, 2.75) is 12.8 Å². The first-order chi connectivity index (χ1) is 7.54. The highest BCUT2D eigenvalue weighted by Crippen LogP contribution is 2.28. The van der Waals surface area contributed by atoms with E-state index in [0.717, 1.165) is 11.6 Å². The molecule has 0 saturated heterocycles. The highest BCUT2D eigenvalue weighted by atomic mass is 16.5. The number of carbonyl (C=O) groups is 1. The molecule has 0 spiro atoms. The van der Waals surface area contributed by atoms with Gasteiger partial charge in [-0.25, -0.2) is 4.79 Å². The summed E-state index contributed by atoms with van der Waals surface area (Å²) in [6.45, 7) is 5.34. The normalized spacial score (nSPS) is 11.8. The lowest BCUT2D eigenvalue weighted by Crippen LogP contribution is -2.08. The zero-order chi connectivity index (χ0) is 12.1. The van der Waals surface area contributed by atoms with Crippen molar-refractivity contribution in [2.24, 2.45) is 0 Å². The minimum atomic E-state index is -0.477. The second-order valence-corrected chi connectivity index (χ2v) is 3.48. The fourth-order valence-corrected chi connectivity index (χ4v) is 1.21. The second kappa shape index (κ2) is 5.21. The number of hydrogen-bond donors (Lipinski definition) is 2. The summed E-state index contributed by atoms with van der Waals surface area (Å²) < 4.78 is 4.88. The summed E-state index contributed by atoms with van der Waals surface area (Å²) in [7, 11) is 0. The Hall–Kier alpha value is -1.97. The number of carbonyl (C=O) groups excluding carboxylic acids is 1. The Morgan fingerprint density at radius 3 is 2.75 bits per heavy atom. The molecule has 1 aromatic carbocycles. The molecular weight excluding hydrogens is 208 g/mol. The van der Waals surface area contributed by atoms with Gasteiger partial charge in [0.05, 0.1) is 6.61 Å². The quantitative estimate of drug-likeness (QED) is 0.464. The van der Waals surface area contributed by atoms with Gasteiger partial charge in [0.25, 0.3) is 0 Å². The van der Waals surface area contributed by atoms with Crippen LogP contribution >= 0.6 is 0 Å². The predicted octanol–water partition coefficient (Wildman–Crippen LogP) is 1.93. The maximum absolute atomic E-state index is 10.8. The van der Waals surface area contributed by atoms with Gasteiger partial charge >= 0.3 is 5.97 Å². The van der Waals surface area contributed by atoms with E-state index in [1.165, 1.54) is 12.1 Å². The van der Waals surface area contributed by atoms with Crippen molar-refractivity contribution >= 4 is 5.97 Å². The fraction of sp³-hybridized carbons (Fsp3) is 0.250. The Labute approximate surface area is 93.8 Å². The van der Waals surface area contributed by atoms with E-state index >= 15 is 0 Å². The highest BCUT2D eigenvalue weighted by molar-refractivity contribution is 5.81. The van der Waals surface area contributed by atoms with Crippen LogP contribution < -0.4 is 0 Å². The minimum absolute atomic E-state index is 0.0598. The Bertz CT molecular complexity index is 398. The second-order valence-electron chi connectivity index (χ2n) is 3.48. The van der Waals surface area contributed by atoms with Gasteiger partial charge in [-0.05, 0) is 17.7 Å². The molecular formula is C12H14O4. The first-order valence-electron chi connectivity index (χ1n) is 4.85. The molecule has 1 aromatic rings. The number of aromatic hydroxyl groups is 2. The average molecular weight is 222 g/mol. The molecule has 4 nitrogen and oxygen atoms in total. The SMILES string of the molecule is C=CC(=O)OCC(C)c1ccc(O)c(O)c1. The van der Waals surface area contributed by atoms with Crippen LogP contribution in [-0.2, 0) is 9.53 Å². The monoisotopic (exact) mass is 222 g/mol. The summed E-state index contributed by atoms with van der Waals surface area (Å²) >= 11 is 0. The molecule has 0 aromatic heterocycles. The Morgan fingerprint density at radius 2 is 2.19 bits per heavy atom. The van der Waals surface area contributed by atoms with Crippen LogP contribution in [0.3, 0.4) is 0 Å². The molecule has 1 atom stereocenters. The van der Waals surface area contributed by atoms with Gasteiger partial charge in [-0.15, -0.1) is 0 Å². The van der Waals surface area contributed by atoms with Crippen LogP contribution in [0.5, 0.6) is 11.5 Å². The minimum Gasteiger partial charge on any atom is -0.504 e. The standard InChI is InChI=1S/C12H14O4/c1-3-12(15)16-7-8(2)9-4-5-10(13)11(14)6-9/h3-6,8,13-14H,1,7H2,2H3. The zero-order valence-electron chi connectivity index (χ0n) is 9.01. The molecule has 0 aliphatic rings. The third kappa shape index (κ3) is 3.02. The van der Waals surface area contributed by atoms with Crippen LogP contribution in [-0.4, -0.2) is 22.8 Å². The molecule has 0 heterocycles. The molecule has 0 radical (unpaired) electrons. The molecule has 0 saturated carbocycles. The van der Waals surface area contributed by atoms with Crippen LogP contribution in [0.2, 0.25) is 0 Å². The van der Waals surface area contributed by atoms with E-state index < -0.39 is 5.97 Å². The molecule has 0 aliphatic carbocycles. The summed E-state index contributed by atoms with van der Waals surface area (Å²) in [6, 6.07) is 4.51. The molecule has 1 unspecified atom stereocenters. The molecule has 0 amide bonds. The van der Waals surface area contributed by atoms with Gasteiger partial charge in [-0.2, -0.15) is 0 Å². The Balaban J connectivity index is 2.65. The largest absolute Gasteiger partial charge is 0.504 e. The first-order valence-corrected chi connectivity index (χ1v) is 4.85.